The van der Waals surface area contributed by atoms with E-state index in [1.165, 1.54) is 22.9 Å². The third-order valence-corrected chi connectivity index (χ3v) is 7.88. The molecular weight excluding hydrogens is 372 g/mol. The minimum atomic E-state index is -1.46. The smallest absolute Gasteiger partial charge is 0.342 e. The van der Waals surface area contributed by atoms with Gasteiger partial charge in [-0.1, -0.05) is 6.07 Å². The molecule has 118 valence electrons. The van der Waals surface area contributed by atoms with Crippen LogP contribution in [0.4, 0.5) is 0 Å². The predicted octanol–water partition coefficient (Wildman–Crippen LogP) is 1.60. The number of pyridine rings is 1. The Morgan fingerprint density at radius 1 is 1.55 bits per heavy atom. The van der Waals surface area contributed by atoms with Crippen molar-refractivity contribution in [1.29, 1.82) is 0 Å². The number of nitrogens with zero attached hydrogens (tertiary/aromatic N) is 2. The third-order valence-electron chi connectivity index (χ3n) is 4.28. The summed E-state index contributed by atoms with van der Waals surface area (Å²) in [5, 5.41) is 19.7. The number of carboxylic acid groups (broad SMARTS) is 1. The van der Waals surface area contributed by atoms with Crippen LogP contribution in [-0.2, 0) is 9.59 Å². The number of alkyl halides is 1. The number of hydrogen-bond donors (Lipinski definition) is 2. The van der Waals surface area contributed by atoms with Crippen molar-refractivity contribution in [2.24, 2.45) is 5.92 Å². The van der Waals surface area contributed by atoms with Crippen molar-refractivity contribution < 1.29 is 19.8 Å². The quantitative estimate of drug-likeness (QED) is 0.465. The molecule has 2 aliphatic heterocycles. The Hall–Kier alpha value is -1.12. The molecule has 0 unspecified atom stereocenters. The summed E-state index contributed by atoms with van der Waals surface area (Å²) in [6, 6.07) is 3.40. The number of halogens is 1. The normalized spacial score (nSPS) is 34.0. The Morgan fingerprint density at radius 3 is 2.77 bits per heavy atom. The van der Waals surface area contributed by atoms with Gasteiger partial charge >= 0.3 is 5.97 Å². The first-order valence-corrected chi connectivity index (χ1v) is 8.40. The molecule has 1 aromatic heterocycles. The van der Waals surface area contributed by atoms with Crippen LogP contribution in [0.1, 0.15) is 25.5 Å². The van der Waals surface area contributed by atoms with Gasteiger partial charge in [0.1, 0.15) is 0 Å². The molecule has 6 nitrogen and oxygen atoms in total. The molecule has 22 heavy (non-hydrogen) atoms. The van der Waals surface area contributed by atoms with Gasteiger partial charge in [-0.3, -0.25) is 9.78 Å². The second kappa shape index (κ2) is 4.94. The number of aliphatic hydroxyl groups is 1. The van der Waals surface area contributed by atoms with Crippen LogP contribution in [-0.4, -0.2) is 46.5 Å². The summed E-state index contributed by atoms with van der Waals surface area (Å²) in [6.45, 7) is 3.55. The Labute approximate surface area is 140 Å². The van der Waals surface area contributed by atoms with E-state index in [1.54, 1.807) is 32.2 Å². The van der Waals surface area contributed by atoms with Crippen molar-refractivity contribution in [2.75, 3.05) is 0 Å². The van der Waals surface area contributed by atoms with Crippen molar-refractivity contribution in [1.82, 2.24) is 9.88 Å². The van der Waals surface area contributed by atoms with E-state index in [9.17, 15) is 19.8 Å². The van der Waals surface area contributed by atoms with Crippen molar-refractivity contribution in [2.45, 2.75) is 34.5 Å². The van der Waals surface area contributed by atoms with E-state index in [4.69, 9.17) is 0 Å². The van der Waals surface area contributed by atoms with E-state index in [0.717, 1.165) is 0 Å². The van der Waals surface area contributed by atoms with E-state index in [2.05, 4.69) is 20.9 Å². The van der Waals surface area contributed by atoms with Crippen LogP contribution in [0, 0.1) is 5.92 Å². The van der Waals surface area contributed by atoms with Gasteiger partial charge in [0.25, 0.3) is 0 Å². The van der Waals surface area contributed by atoms with E-state index < -0.39 is 27.2 Å². The maximum Gasteiger partial charge on any atom is 0.342 e. The van der Waals surface area contributed by atoms with Crippen molar-refractivity contribution >= 4 is 39.6 Å². The van der Waals surface area contributed by atoms with Crippen molar-refractivity contribution in [3.05, 3.63) is 30.1 Å². The van der Waals surface area contributed by atoms with Crippen LogP contribution >= 0.6 is 27.7 Å². The molecule has 2 saturated heterocycles. The number of aliphatic carboxylic acids is 1. The van der Waals surface area contributed by atoms with Crippen LogP contribution in [0.25, 0.3) is 0 Å². The van der Waals surface area contributed by atoms with E-state index in [-0.39, 0.29) is 11.3 Å². The molecule has 0 spiro atoms. The second-order valence-corrected chi connectivity index (χ2v) is 8.80. The van der Waals surface area contributed by atoms with Gasteiger partial charge in [-0.15, -0.1) is 11.8 Å². The lowest BCUT2D eigenvalue weighted by molar-refractivity contribution is -0.171. The number of amides is 1. The molecule has 2 fully saturated rings. The highest BCUT2D eigenvalue weighted by atomic mass is 79.9. The zero-order valence-electron chi connectivity index (χ0n) is 11.9. The zero-order chi connectivity index (χ0) is 16.3. The average molecular weight is 387 g/mol. The summed E-state index contributed by atoms with van der Waals surface area (Å²) >= 11 is 4.64. The molecule has 0 aromatic carbocycles. The Kier molecular flexibility index (Phi) is 3.54. The first-order valence-electron chi connectivity index (χ1n) is 6.73. The highest BCUT2D eigenvalue weighted by Gasteiger charge is 2.72. The first kappa shape index (κ1) is 15.8. The molecule has 2 aliphatic rings. The molecule has 0 saturated carbocycles. The lowest BCUT2D eigenvalue weighted by Crippen LogP contribution is -2.68. The molecule has 1 amide bonds. The number of fused-ring (bicyclic) bond motifs is 1. The van der Waals surface area contributed by atoms with E-state index >= 15 is 0 Å². The highest BCUT2D eigenvalue weighted by molar-refractivity contribution is 9.10. The van der Waals surface area contributed by atoms with Gasteiger partial charge in [0, 0.05) is 12.4 Å². The maximum atomic E-state index is 12.5. The summed E-state index contributed by atoms with van der Waals surface area (Å²) in [4.78, 5) is 29.5. The standard InChI is InChI=1S/C14H15BrN2O4S/c1-13(2)14(15,12(20)21)17-10(19)8(11(17)22-13)9(18)7-4-3-5-16-6-7/h3-6,8-9,11,18H,1-2H3,(H,20,21)/t8-,9+,11+,14-/m0/s1. The number of hydrogen-bond acceptors (Lipinski definition) is 5. The molecule has 3 rings (SSSR count). The molecule has 8 heteroatoms. The Morgan fingerprint density at radius 2 is 2.23 bits per heavy atom. The Bertz CT molecular complexity index is 641. The molecular formula is C14H15BrN2O4S. The average Bonchev–Trinajstić information content (AvgIpc) is 2.65. The fourth-order valence-electron chi connectivity index (χ4n) is 3.02. The first-order chi connectivity index (χ1) is 10.2. The molecule has 4 atom stereocenters. The highest BCUT2D eigenvalue weighted by Crippen LogP contribution is 2.62. The number of carbonyl (C=O) groups is 2. The van der Waals surface area contributed by atoms with Gasteiger partial charge in [0.15, 0.2) is 0 Å². The number of rotatable bonds is 3. The van der Waals surface area contributed by atoms with Crippen LogP contribution in [0.2, 0.25) is 0 Å². The number of β-lactam (4-membered cyclic amide) rings is 1. The summed E-state index contributed by atoms with van der Waals surface area (Å²) in [5.41, 5.74) is 0.557. The van der Waals surface area contributed by atoms with Crippen molar-refractivity contribution in [3.8, 4) is 0 Å². The lowest BCUT2D eigenvalue weighted by atomic mass is 9.85. The van der Waals surface area contributed by atoms with Crippen LogP contribution in [0.3, 0.4) is 0 Å². The van der Waals surface area contributed by atoms with Gasteiger partial charge < -0.3 is 15.1 Å². The largest absolute Gasteiger partial charge is 0.479 e. The zero-order valence-corrected chi connectivity index (χ0v) is 14.3. The Balaban J connectivity index is 1.93. The molecule has 3 heterocycles. The number of carbonyl (C=O) groups excluding carboxylic acids is 1. The SMILES string of the molecule is CC1(C)S[C@@H]2[C@@H]([C@H](O)c3cccnc3)C(=O)N2[C@@]1(Br)C(=O)O. The van der Waals surface area contributed by atoms with Crippen molar-refractivity contribution in [3.63, 3.8) is 0 Å². The monoisotopic (exact) mass is 386 g/mol. The minimum Gasteiger partial charge on any atom is -0.479 e. The molecule has 0 radical (unpaired) electrons. The fraction of sp³-hybridized carbons (Fsp3) is 0.500. The number of aromatic nitrogens is 1. The van der Waals surface area contributed by atoms with Gasteiger partial charge in [-0.2, -0.15) is 0 Å². The van der Waals surface area contributed by atoms with Crippen LogP contribution < -0.4 is 0 Å². The number of thioether (sulfide) groups is 1. The third kappa shape index (κ3) is 1.87. The van der Waals surface area contributed by atoms with Gasteiger partial charge in [0.2, 0.25) is 10.4 Å². The van der Waals surface area contributed by atoms with Gasteiger partial charge in [-0.25, -0.2) is 4.79 Å². The summed E-state index contributed by atoms with van der Waals surface area (Å²) in [5.74, 6) is -2.12. The lowest BCUT2D eigenvalue weighted by Gasteiger charge is -2.48. The minimum absolute atomic E-state index is 0.362. The summed E-state index contributed by atoms with van der Waals surface area (Å²) in [7, 11) is 0. The molecule has 0 aliphatic carbocycles. The summed E-state index contributed by atoms with van der Waals surface area (Å²) < 4.78 is -2.18. The summed E-state index contributed by atoms with van der Waals surface area (Å²) in [6.07, 6.45) is 2.12. The van der Waals surface area contributed by atoms with E-state index in [0.29, 0.717) is 5.56 Å². The van der Waals surface area contributed by atoms with Crippen LogP contribution in [0.15, 0.2) is 24.5 Å². The molecule has 0 bridgehead atoms. The van der Waals surface area contributed by atoms with E-state index in [1.807, 2.05) is 0 Å². The van der Waals surface area contributed by atoms with Gasteiger partial charge in [-0.05, 0) is 41.4 Å². The van der Waals surface area contributed by atoms with Gasteiger partial charge in [0.05, 0.1) is 22.1 Å². The maximum absolute atomic E-state index is 12.5. The number of carboxylic acids is 1. The fourth-order valence-corrected chi connectivity index (χ4v) is 5.56. The molecule has 2 N–H and O–H groups in total. The van der Waals surface area contributed by atoms with Crippen LogP contribution in [0.5, 0.6) is 0 Å². The second-order valence-electron chi connectivity index (χ2n) is 5.91. The topological polar surface area (TPSA) is 90.7 Å². The molecule has 1 aromatic rings. The predicted molar refractivity (Wildman–Crippen MR) is 84.3 cm³/mol. The number of aliphatic hydroxyl groups excluding tert-OH is 1.